The van der Waals surface area contributed by atoms with Crippen LogP contribution in [0.3, 0.4) is 0 Å². The molecule has 1 aromatic carbocycles. The molecule has 0 radical (unpaired) electrons. The zero-order valence-electron chi connectivity index (χ0n) is 22.4. The third kappa shape index (κ3) is 5.78. The highest BCUT2D eigenvalue weighted by molar-refractivity contribution is 6.07. The maximum Gasteiger partial charge on any atom is 0.262 e. The van der Waals surface area contributed by atoms with E-state index >= 15 is 0 Å². The lowest BCUT2D eigenvalue weighted by Gasteiger charge is -2.27. The van der Waals surface area contributed by atoms with Crippen molar-refractivity contribution in [3.63, 3.8) is 0 Å². The largest absolute Gasteiger partial charge is 0.481 e. The number of hydrogen-bond acceptors (Lipinski definition) is 7. The summed E-state index contributed by atoms with van der Waals surface area (Å²) in [7, 11) is 3.90. The zero-order chi connectivity index (χ0) is 27.5. The molecule has 1 fully saturated rings. The number of aryl methyl sites for hydroxylation is 1. The first-order valence-corrected chi connectivity index (χ1v) is 13.1. The summed E-state index contributed by atoms with van der Waals surface area (Å²) in [6, 6.07) is 6.76. The molecule has 3 amide bonds. The Morgan fingerprint density at radius 2 is 2.10 bits per heavy atom. The number of fused-ring (bicyclic) bond motifs is 3. The van der Waals surface area contributed by atoms with Crippen LogP contribution in [0.1, 0.15) is 41.4 Å². The number of likely N-dealkylation sites (tertiary alicyclic amines) is 1. The minimum atomic E-state index is -0.320. The molecule has 2 N–H and O–H groups in total. The van der Waals surface area contributed by atoms with Crippen LogP contribution in [0.4, 0.5) is 11.6 Å². The van der Waals surface area contributed by atoms with Gasteiger partial charge in [0.05, 0.1) is 17.1 Å². The number of imidazole rings is 1. The summed E-state index contributed by atoms with van der Waals surface area (Å²) >= 11 is 0. The van der Waals surface area contributed by atoms with Gasteiger partial charge in [-0.1, -0.05) is 6.08 Å². The first kappa shape index (κ1) is 26.4. The summed E-state index contributed by atoms with van der Waals surface area (Å²) in [5, 5.41) is 5.91. The van der Waals surface area contributed by atoms with Gasteiger partial charge in [-0.25, -0.2) is 4.98 Å². The zero-order valence-corrected chi connectivity index (χ0v) is 22.4. The van der Waals surface area contributed by atoms with E-state index in [2.05, 4.69) is 15.6 Å². The fraction of sp³-hybridized carbons (Fsp3) is 0.393. The van der Waals surface area contributed by atoms with Crippen molar-refractivity contribution in [3.8, 4) is 5.75 Å². The Labute approximate surface area is 226 Å². The Morgan fingerprint density at radius 3 is 2.90 bits per heavy atom. The van der Waals surface area contributed by atoms with Gasteiger partial charge >= 0.3 is 0 Å². The Kier molecular flexibility index (Phi) is 7.60. The van der Waals surface area contributed by atoms with Gasteiger partial charge in [0.15, 0.2) is 6.61 Å². The summed E-state index contributed by atoms with van der Waals surface area (Å²) in [6.45, 7) is 3.51. The predicted molar refractivity (Wildman–Crippen MR) is 148 cm³/mol. The van der Waals surface area contributed by atoms with Gasteiger partial charge in [-0.2, -0.15) is 0 Å². The molecule has 1 atom stereocenters. The highest BCUT2D eigenvalue weighted by atomic mass is 16.5. The van der Waals surface area contributed by atoms with Crippen LogP contribution in [0, 0.1) is 6.92 Å². The number of amides is 3. The molecule has 4 heterocycles. The molecule has 3 aromatic rings. The lowest BCUT2D eigenvalue weighted by Crippen LogP contribution is -2.35. The lowest BCUT2D eigenvalue weighted by atomic mass is 10.1. The number of anilines is 2. The fourth-order valence-electron chi connectivity index (χ4n) is 5.03. The molecule has 0 bridgehead atoms. The average molecular weight is 532 g/mol. The van der Waals surface area contributed by atoms with Crippen LogP contribution in [0.2, 0.25) is 0 Å². The van der Waals surface area contributed by atoms with Crippen LogP contribution in [0.5, 0.6) is 5.75 Å². The van der Waals surface area contributed by atoms with Crippen LogP contribution in [0.15, 0.2) is 42.6 Å². The Balaban J connectivity index is 1.56. The van der Waals surface area contributed by atoms with Crippen molar-refractivity contribution in [2.24, 2.45) is 0 Å². The van der Waals surface area contributed by atoms with E-state index in [9.17, 15) is 14.4 Å². The van der Waals surface area contributed by atoms with Crippen LogP contribution in [-0.4, -0.2) is 82.4 Å². The minimum absolute atomic E-state index is 0.0512. The first-order valence-electron chi connectivity index (χ1n) is 13.1. The molecule has 2 aliphatic heterocycles. The molecule has 1 saturated heterocycles. The van der Waals surface area contributed by atoms with Crippen molar-refractivity contribution in [3.05, 3.63) is 53.9 Å². The van der Waals surface area contributed by atoms with E-state index in [4.69, 9.17) is 9.72 Å². The van der Waals surface area contributed by atoms with Gasteiger partial charge in [0.25, 0.3) is 11.8 Å². The number of nitrogens with zero attached hydrogens (tertiary/aromatic N) is 5. The van der Waals surface area contributed by atoms with Gasteiger partial charge in [-0.05, 0) is 64.5 Å². The van der Waals surface area contributed by atoms with E-state index in [0.29, 0.717) is 53.6 Å². The van der Waals surface area contributed by atoms with E-state index in [1.165, 1.54) is 0 Å². The van der Waals surface area contributed by atoms with Gasteiger partial charge in [-0.3, -0.25) is 24.7 Å². The van der Waals surface area contributed by atoms with Gasteiger partial charge in [0.2, 0.25) is 11.9 Å². The SMILES string of the molecule is Cc1cc(C(=O)Nc2nc3ccc4c(c3n2[C@@H]2CCCCN(C(=O)/C=C/CN(C)C)C2)NC(=O)CO4)ccn1. The lowest BCUT2D eigenvalue weighted by molar-refractivity contribution is -0.126. The number of carbonyl (C=O) groups is 3. The van der Waals surface area contributed by atoms with Crippen molar-refractivity contribution in [2.75, 3.05) is 51.0 Å². The number of hydrogen-bond donors (Lipinski definition) is 2. The van der Waals surface area contributed by atoms with Crippen molar-refractivity contribution in [2.45, 2.75) is 32.2 Å². The molecule has 0 saturated carbocycles. The van der Waals surface area contributed by atoms with Crippen molar-refractivity contribution < 1.29 is 19.1 Å². The molecule has 11 nitrogen and oxygen atoms in total. The summed E-state index contributed by atoms with van der Waals surface area (Å²) in [5.41, 5.74) is 2.97. The number of carbonyl (C=O) groups excluding carboxylic acids is 3. The maximum atomic E-state index is 13.3. The van der Waals surface area contributed by atoms with Gasteiger partial charge < -0.3 is 24.4 Å². The van der Waals surface area contributed by atoms with Crippen LogP contribution in [0.25, 0.3) is 11.0 Å². The minimum Gasteiger partial charge on any atom is -0.481 e. The summed E-state index contributed by atoms with van der Waals surface area (Å²) in [6.07, 6.45) is 7.61. The Morgan fingerprint density at radius 1 is 1.26 bits per heavy atom. The monoisotopic (exact) mass is 531 g/mol. The molecular weight excluding hydrogens is 498 g/mol. The van der Waals surface area contributed by atoms with Crippen molar-refractivity contribution in [1.29, 1.82) is 0 Å². The van der Waals surface area contributed by atoms with Crippen molar-refractivity contribution >= 4 is 40.4 Å². The third-order valence-corrected chi connectivity index (χ3v) is 6.88. The second kappa shape index (κ2) is 11.2. The molecule has 2 aliphatic rings. The van der Waals surface area contributed by atoms with Crippen LogP contribution >= 0.6 is 0 Å². The topological polar surface area (TPSA) is 122 Å². The molecule has 0 unspecified atom stereocenters. The van der Waals surface area contributed by atoms with E-state index in [0.717, 1.165) is 25.0 Å². The van der Waals surface area contributed by atoms with E-state index in [-0.39, 0.29) is 30.4 Å². The van der Waals surface area contributed by atoms with E-state index in [1.807, 2.05) is 47.5 Å². The molecule has 39 heavy (non-hydrogen) atoms. The normalized spacial score (nSPS) is 17.6. The Hall–Kier alpha value is -4.25. The fourth-order valence-corrected chi connectivity index (χ4v) is 5.03. The second-order valence-corrected chi connectivity index (χ2v) is 10.2. The van der Waals surface area contributed by atoms with Crippen LogP contribution < -0.4 is 15.4 Å². The Bertz CT molecular complexity index is 1450. The standard InChI is InChI=1S/C28H33N7O4/c1-18-15-19(11-12-29-18)27(38)32-28-30-21-9-10-22-25(31-23(36)17-39-22)26(21)35(28)20-7-4-5-14-34(16-20)24(37)8-6-13-33(2)3/h6,8-12,15,20H,4-5,7,13-14,16-17H2,1-3H3,(H,31,36)(H,30,32,38)/b8-6+/t20-/m1/s1. The smallest absolute Gasteiger partial charge is 0.262 e. The summed E-state index contributed by atoms with van der Waals surface area (Å²) < 4.78 is 7.63. The average Bonchev–Trinajstić information content (AvgIpc) is 3.09. The molecule has 2 aromatic heterocycles. The second-order valence-electron chi connectivity index (χ2n) is 10.2. The number of pyridine rings is 1. The van der Waals surface area contributed by atoms with Gasteiger partial charge in [0.1, 0.15) is 11.4 Å². The molecular formula is C28H33N7O4. The number of nitrogens with one attached hydrogen (secondary N) is 2. The molecule has 0 spiro atoms. The predicted octanol–water partition coefficient (Wildman–Crippen LogP) is 2.99. The summed E-state index contributed by atoms with van der Waals surface area (Å²) in [4.78, 5) is 51.5. The molecule has 11 heteroatoms. The first-order chi connectivity index (χ1) is 18.8. The van der Waals surface area contributed by atoms with Crippen LogP contribution in [-0.2, 0) is 9.59 Å². The highest BCUT2D eigenvalue weighted by Gasteiger charge is 2.30. The molecule has 5 rings (SSSR count). The maximum absolute atomic E-state index is 13.3. The van der Waals surface area contributed by atoms with Crippen molar-refractivity contribution in [1.82, 2.24) is 24.3 Å². The van der Waals surface area contributed by atoms with E-state index in [1.54, 1.807) is 30.5 Å². The number of aromatic nitrogens is 3. The van der Waals surface area contributed by atoms with Gasteiger partial charge in [0, 0.05) is 43.2 Å². The molecule has 204 valence electrons. The number of likely N-dealkylation sites (N-methyl/N-ethyl adjacent to an activating group) is 1. The molecule has 0 aliphatic carbocycles. The third-order valence-electron chi connectivity index (χ3n) is 6.88. The number of benzene rings is 1. The summed E-state index contributed by atoms with van der Waals surface area (Å²) in [5.74, 6) is 0.257. The quantitative estimate of drug-likeness (QED) is 0.469. The number of rotatable bonds is 6. The number of ether oxygens (including phenoxy) is 1. The highest BCUT2D eigenvalue weighted by Crippen LogP contribution is 2.40. The van der Waals surface area contributed by atoms with Gasteiger partial charge in [-0.15, -0.1) is 0 Å². The van der Waals surface area contributed by atoms with E-state index < -0.39 is 0 Å².